The van der Waals surface area contributed by atoms with Gasteiger partial charge in [-0.25, -0.2) is 0 Å². The van der Waals surface area contributed by atoms with Crippen LogP contribution in [0.25, 0.3) is 0 Å². The molecule has 4 heteroatoms. The molecular weight excluding hydrogens is 98.0 g/mol. The molecule has 0 fully saturated rings. The average molecular weight is 106 g/mol. The second-order valence-electron chi connectivity index (χ2n) is 0.824. The largest absolute Gasteiger partial charge is 0.477 e. The fourth-order valence-corrected chi connectivity index (χ4v) is 0.158. The standard InChI is InChI=1S/C3H8NO3/c1-3-7-4(5)6-2/h3H2,1-2H3/q+1. The highest BCUT2D eigenvalue weighted by Crippen LogP contribution is 1.73. The quantitative estimate of drug-likeness (QED) is 0.485. The molecule has 0 radical (unpaired) electrons. The second kappa shape index (κ2) is 3.39. The summed E-state index contributed by atoms with van der Waals surface area (Å²) in [6, 6.07) is 0. The van der Waals surface area contributed by atoms with Crippen LogP contribution in [0.1, 0.15) is 6.92 Å². The molecule has 0 unspecified atom stereocenters. The van der Waals surface area contributed by atoms with Crippen LogP contribution in [0.3, 0.4) is 0 Å². The minimum atomic E-state index is 0.0556. The van der Waals surface area contributed by atoms with E-state index in [9.17, 15) is 4.91 Å². The zero-order chi connectivity index (χ0) is 5.70. The van der Waals surface area contributed by atoms with E-state index in [0.29, 0.717) is 6.61 Å². The van der Waals surface area contributed by atoms with Gasteiger partial charge in [-0.3, -0.25) is 0 Å². The van der Waals surface area contributed by atoms with Gasteiger partial charge in [-0.2, -0.15) is 9.68 Å². The van der Waals surface area contributed by atoms with Crippen LogP contribution >= 0.6 is 0 Å². The highest BCUT2D eigenvalue weighted by atomic mass is 17.0. The Morgan fingerprint density at radius 1 is 1.71 bits per heavy atom. The van der Waals surface area contributed by atoms with E-state index < -0.39 is 0 Å². The Hall–Kier alpha value is -0.800. The molecule has 0 aromatic carbocycles. The van der Waals surface area contributed by atoms with Crippen LogP contribution in [0.5, 0.6) is 0 Å². The summed E-state index contributed by atoms with van der Waals surface area (Å²) in [5, 5.41) is 0.0556. The molecule has 0 aliphatic carbocycles. The highest BCUT2D eigenvalue weighted by Gasteiger charge is 2.02. The molecule has 0 rings (SSSR count). The van der Waals surface area contributed by atoms with Crippen LogP contribution in [-0.2, 0) is 9.68 Å². The Bertz CT molecular complexity index is 63.2. The summed E-state index contributed by atoms with van der Waals surface area (Å²) in [7, 11) is 1.24. The monoisotopic (exact) mass is 106 g/mol. The fourth-order valence-electron chi connectivity index (χ4n) is 0.158. The summed E-state index contributed by atoms with van der Waals surface area (Å²) in [6.07, 6.45) is 0. The van der Waals surface area contributed by atoms with Crippen molar-refractivity contribution in [3.05, 3.63) is 4.91 Å². The van der Waals surface area contributed by atoms with Gasteiger partial charge in [0.05, 0.1) is 0 Å². The maximum atomic E-state index is 9.88. The molecule has 0 saturated carbocycles. The Balaban J connectivity index is 3.00. The highest BCUT2D eigenvalue weighted by molar-refractivity contribution is 3.90. The van der Waals surface area contributed by atoms with E-state index in [-0.39, 0.29) is 5.09 Å². The maximum Gasteiger partial charge on any atom is 0.477 e. The van der Waals surface area contributed by atoms with Gasteiger partial charge in [-0.15, -0.1) is 0 Å². The van der Waals surface area contributed by atoms with Crippen molar-refractivity contribution < 1.29 is 14.8 Å². The van der Waals surface area contributed by atoms with Crippen molar-refractivity contribution >= 4 is 0 Å². The lowest BCUT2D eigenvalue weighted by Crippen LogP contribution is -2.05. The van der Waals surface area contributed by atoms with Gasteiger partial charge < -0.3 is 0 Å². The van der Waals surface area contributed by atoms with E-state index in [1.807, 2.05) is 0 Å². The predicted molar refractivity (Wildman–Crippen MR) is 22.3 cm³/mol. The van der Waals surface area contributed by atoms with Crippen molar-refractivity contribution in [2.24, 2.45) is 0 Å². The Morgan fingerprint density at radius 3 is 2.43 bits per heavy atom. The first-order valence-corrected chi connectivity index (χ1v) is 1.95. The molecule has 0 amide bonds. The lowest BCUT2D eigenvalue weighted by atomic mass is 10.9. The van der Waals surface area contributed by atoms with Gasteiger partial charge in [-0.05, 0) is 6.92 Å². The van der Waals surface area contributed by atoms with Crippen LogP contribution in [0, 0.1) is 4.91 Å². The molecule has 0 aromatic heterocycles. The molecular formula is C3H8NO3+. The van der Waals surface area contributed by atoms with Gasteiger partial charge in [0.25, 0.3) is 0 Å². The molecule has 0 saturated heterocycles. The molecule has 0 atom stereocenters. The zero-order valence-electron chi connectivity index (χ0n) is 4.38. The fraction of sp³-hybridized carbons (Fsp3) is 1.00. The van der Waals surface area contributed by atoms with Crippen LogP contribution in [0.15, 0.2) is 0 Å². The second-order valence-corrected chi connectivity index (χ2v) is 0.824. The SMILES string of the molecule is CCO[N+](=O)OC. The summed E-state index contributed by atoms with van der Waals surface area (Å²) in [4.78, 5) is 18.2. The Labute approximate surface area is 41.5 Å². The van der Waals surface area contributed by atoms with Gasteiger partial charge in [0, 0.05) is 0 Å². The first-order chi connectivity index (χ1) is 3.31. The first kappa shape index (κ1) is 6.20. The van der Waals surface area contributed by atoms with Crippen molar-refractivity contribution in [2.45, 2.75) is 6.92 Å². The number of nitrogens with zero attached hydrogens (tertiary/aromatic N) is 1. The van der Waals surface area contributed by atoms with Crippen molar-refractivity contribution in [2.75, 3.05) is 13.7 Å². The topological polar surface area (TPSA) is 38.5 Å². The van der Waals surface area contributed by atoms with Crippen molar-refractivity contribution in [3.8, 4) is 0 Å². The van der Waals surface area contributed by atoms with E-state index in [1.165, 1.54) is 7.11 Å². The van der Waals surface area contributed by atoms with E-state index in [0.717, 1.165) is 0 Å². The van der Waals surface area contributed by atoms with Gasteiger partial charge in [0.1, 0.15) is 4.91 Å². The number of hydrogen-bond donors (Lipinski definition) is 0. The van der Waals surface area contributed by atoms with Gasteiger partial charge in [-0.1, -0.05) is 0 Å². The molecule has 7 heavy (non-hydrogen) atoms. The predicted octanol–water partition coefficient (Wildman–Crippen LogP) is 0.278. The Morgan fingerprint density at radius 2 is 2.29 bits per heavy atom. The van der Waals surface area contributed by atoms with Gasteiger partial charge >= 0.3 is 5.09 Å². The van der Waals surface area contributed by atoms with Crippen LogP contribution < -0.4 is 0 Å². The molecule has 0 heterocycles. The molecule has 0 aromatic rings. The van der Waals surface area contributed by atoms with E-state index in [2.05, 4.69) is 9.68 Å². The van der Waals surface area contributed by atoms with Crippen molar-refractivity contribution in [3.63, 3.8) is 0 Å². The van der Waals surface area contributed by atoms with E-state index in [1.54, 1.807) is 6.92 Å². The van der Waals surface area contributed by atoms with Crippen LogP contribution in [0.2, 0.25) is 0 Å². The van der Waals surface area contributed by atoms with Gasteiger partial charge in [0.15, 0.2) is 13.7 Å². The van der Waals surface area contributed by atoms with Crippen LogP contribution in [-0.4, -0.2) is 18.8 Å². The Kier molecular flexibility index (Phi) is 3.00. The van der Waals surface area contributed by atoms with E-state index >= 15 is 0 Å². The number of rotatable bonds is 3. The number of hydrogen-bond acceptors (Lipinski definition) is 3. The van der Waals surface area contributed by atoms with Crippen LogP contribution in [0.4, 0.5) is 0 Å². The summed E-state index contributed by atoms with van der Waals surface area (Å²) in [5.74, 6) is 0. The minimum absolute atomic E-state index is 0.0556. The third kappa shape index (κ3) is 3.02. The molecule has 0 aliphatic rings. The summed E-state index contributed by atoms with van der Waals surface area (Å²) in [6.45, 7) is 2.03. The molecule has 0 bridgehead atoms. The van der Waals surface area contributed by atoms with Crippen molar-refractivity contribution in [1.29, 1.82) is 0 Å². The molecule has 0 aliphatic heterocycles. The lowest BCUT2D eigenvalue weighted by Gasteiger charge is -1.80. The molecule has 4 nitrogen and oxygen atoms in total. The third-order valence-corrected chi connectivity index (χ3v) is 0.384. The summed E-state index contributed by atoms with van der Waals surface area (Å²) in [5.41, 5.74) is 0. The first-order valence-electron chi connectivity index (χ1n) is 1.95. The van der Waals surface area contributed by atoms with Gasteiger partial charge in [0.2, 0.25) is 0 Å². The van der Waals surface area contributed by atoms with E-state index in [4.69, 9.17) is 0 Å². The molecule has 0 spiro atoms. The maximum absolute atomic E-state index is 9.88. The zero-order valence-corrected chi connectivity index (χ0v) is 4.38. The summed E-state index contributed by atoms with van der Waals surface area (Å²) < 4.78 is 0. The molecule has 0 N–H and O–H groups in total. The normalized spacial score (nSPS) is 7.71. The molecule has 42 valence electrons. The third-order valence-electron chi connectivity index (χ3n) is 0.384. The summed E-state index contributed by atoms with van der Waals surface area (Å²) >= 11 is 0. The smallest absolute Gasteiger partial charge is 0.190 e. The lowest BCUT2D eigenvalue weighted by molar-refractivity contribution is -0.976. The average Bonchev–Trinajstić information content (AvgIpc) is 1.68. The van der Waals surface area contributed by atoms with Crippen molar-refractivity contribution in [1.82, 2.24) is 0 Å². The minimum Gasteiger partial charge on any atom is -0.190 e.